The van der Waals surface area contributed by atoms with Crippen LogP contribution in [0.15, 0.2) is 34.4 Å². The van der Waals surface area contributed by atoms with Gasteiger partial charge < -0.3 is 10.1 Å². The number of aryl methyl sites for hydroxylation is 1. The van der Waals surface area contributed by atoms with E-state index in [9.17, 15) is 9.59 Å². The van der Waals surface area contributed by atoms with Gasteiger partial charge in [-0.3, -0.25) is 9.59 Å². The molecule has 4 rings (SSSR count). The Morgan fingerprint density at radius 3 is 3.04 bits per heavy atom. The summed E-state index contributed by atoms with van der Waals surface area (Å²) >= 11 is 3.21. The third-order valence-electron chi connectivity index (χ3n) is 4.47. The van der Waals surface area contributed by atoms with Crippen LogP contribution in [0.2, 0.25) is 0 Å². The molecule has 0 aliphatic carbocycles. The molecule has 1 amide bonds. The minimum absolute atomic E-state index is 0.124. The maximum Gasteiger partial charge on any atom is 0.266 e. The number of nitrogens with one attached hydrogen (secondary N) is 1. The van der Waals surface area contributed by atoms with Crippen LogP contribution >= 0.6 is 22.7 Å². The predicted molar refractivity (Wildman–Crippen MR) is 110 cm³/mol. The molecule has 3 aromatic rings. The van der Waals surface area contributed by atoms with Crippen LogP contribution in [0.1, 0.15) is 18.5 Å². The zero-order chi connectivity index (χ0) is 19.5. The average molecular weight is 417 g/mol. The van der Waals surface area contributed by atoms with Crippen LogP contribution in [-0.2, 0) is 16.1 Å². The number of amides is 1. The quantitative estimate of drug-likeness (QED) is 0.668. The molecule has 1 N–H and O–H groups in total. The van der Waals surface area contributed by atoms with Gasteiger partial charge in [0.25, 0.3) is 5.56 Å². The van der Waals surface area contributed by atoms with Crippen molar-refractivity contribution < 1.29 is 9.53 Å². The second kappa shape index (κ2) is 8.34. The van der Waals surface area contributed by atoms with Crippen LogP contribution in [0.4, 0.5) is 0 Å². The minimum Gasteiger partial charge on any atom is -0.368 e. The van der Waals surface area contributed by atoms with Crippen molar-refractivity contribution in [2.45, 2.75) is 32.4 Å². The maximum atomic E-state index is 12.2. The maximum absolute atomic E-state index is 12.2. The smallest absolute Gasteiger partial charge is 0.266 e. The molecule has 0 bridgehead atoms. The van der Waals surface area contributed by atoms with Gasteiger partial charge in [-0.15, -0.1) is 22.7 Å². The van der Waals surface area contributed by atoms with Crippen LogP contribution in [0.25, 0.3) is 20.5 Å². The van der Waals surface area contributed by atoms with Gasteiger partial charge in [0.1, 0.15) is 16.8 Å². The number of hydrogen-bond donors (Lipinski definition) is 1. The van der Waals surface area contributed by atoms with Gasteiger partial charge in [0.2, 0.25) is 5.91 Å². The molecule has 1 aliphatic rings. The molecule has 4 heterocycles. The molecule has 1 saturated heterocycles. The molecule has 1 fully saturated rings. The zero-order valence-corrected chi connectivity index (χ0v) is 17.0. The van der Waals surface area contributed by atoms with Crippen molar-refractivity contribution in [1.29, 1.82) is 0 Å². The van der Waals surface area contributed by atoms with E-state index in [1.807, 2.05) is 24.4 Å². The Hall–Kier alpha value is -2.36. The molecule has 7 nitrogen and oxygen atoms in total. The standard InChI is InChI=1S/C19H20N4O3S2/c1-12-17(28-19(21-12)15-5-3-11-27-15)13-6-7-16(24)23(22-13)9-8-20-18(25)14-4-2-10-26-14/h3,5-7,11,14H,2,4,8-10H2,1H3,(H,20,25). The molecule has 0 radical (unpaired) electrons. The van der Waals surface area contributed by atoms with E-state index in [1.54, 1.807) is 28.7 Å². The fraction of sp³-hybridized carbons (Fsp3) is 0.368. The van der Waals surface area contributed by atoms with Crippen LogP contribution in [0, 0.1) is 6.92 Å². The molecule has 28 heavy (non-hydrogen) atoms. The van der Waals surface area contributed by atoms with Crippen molar-refractivity contribution in [2.24, 2.45) is 0 Å². The molecule has 1 aliphatic heterocycles. The van der Waals surface area contributed by atoms with Gasteiger partial charge in [-0.25, -0.2) is 9.67 Å². The van der Waals surface area contributed by atoms with Gasteiger partial charge in [0, 0.05) is 19.2 Å². The highest BCUT2D eigenvalue weighted by Gasteiger charge is 2.23. The van der Waals surface area contributed by atoms with E-state index in [0.717, 1.165) is 33.3 Å². The summed E-state index contributed by atoms with van der Waals surface area (Å²) in [6.07, 6.45) is 1.28. The number of ether oxygens (including phenoxy) is 1. The Bertz CT molecular complexity index is 1020. The summed E-state index contributed by atoms with van der Waals surface area (Å²) in [6.45, 7) is 3.21. The first-order valence-electron chi connectivity index (χ1n) is 9.11. The Morgan fingerprint density at radius 2 is 2.29 bits per heavy atom. The van der Waals surface area contributed by atoms with Crippen molar-refractivity contribution in [3.8, 4) is 20.5 Å². The van der Waals surface area contributed by atoms with E-state index in [0.29, 0.717) is 25.4 Å². The van der Waals surface area contributed by atoms with Crippen LogP contribution in [-0.4, -0.2) is 39.9 Å². The molecule has 0 spiro atoms. The summed E-state index contributed by atoms with van der Waals surface area (Å²) < 4.78 is 6.75. The fourth-order valence-electron chi connectivity index (χ4n) is 3.05. The number of nitrogens with zero attached hydrogens (tertiary/aromatic N) is 3. The Kier molecular flexibility index (Phi) is 5.65. The lowest BCUT2D eigenvalue weighted by atomic mass is 10.2. The van der Waals surface area contributed by atoms with E-state index in [-0.39, 0.29) is 17.6 Å². The Balaban J connectivity index is 1.48. The van der Waals surface area contributed by atoms with E-state index in [2.05, 4.69) is 15.4 Å². The minimum atomic E-state index is -0.369. The highest BCUT2D eigenvalue weighted by Crippen LogP contribution is 2.35. The summed E-state index contributed by atoms with van der Waals surface area (Å²) in [5.74, 6) is -0.124. The molecular formula is C19H20N4O3S2. The SMILES string of the molecule is Cc1nc(-c2cccs2)sc1-c1ccc(=O)n(CCNC(=O)C2CCCO2)n1. The summed E-state index contributed by atoms with van der Waals surface area (Å²) in [5.41, 5.74) is 1.40. The van der Waals surface area contributed by atoms with E-state index in [1.165, 1.54) is 10.7 Å². The third kappa shape index (κ3) is 4.06. The molecular weight excluding hydrogens is 396 g/mol. The van der Waals surface area contributed by atoms with Gasteiger partial charge in [0.05, 0.1) is 22.0 Å². The number of thiophene rings is 1. The lowest BCUT2D eigenvalue weighted by Crippen LogP contribution is -2.37. The molecule has 3 aromatic heterocycles. The second-order valence-corrected chi connectivity index (χ2v) is 8.43. The summed E-state index contributed by atoms with van der Waals surface area (Å²) in [6, 6.07) is 7.27. The average Bonchev–Trinajstić information content (AvgIpc) is 3.45. The van der Waals surface area contributed by atoms with Gasteiger partial charge in [-0.05, 0) is 37.3 Å². The monoisotopic (exact) mass is 416 g/mol. The topological polar surface area (TPSA) is 86.1 Å². The number of aromatic nitrogens is 3. The van der Waals surface area contributed by atoms with Crippen molar-refractivity contribution in [3.05, 3.63) is 45.7 Å². The molecule has 1 unspecified atom stereocenters. The van der Waals surface area contributed by atoms with Gasteiger partial charge in [-0.2, -0.15) is 5.10 Å². The molecule has 9 heteroatoms. The molecule has 0 saturated carbocycles. The Labute approximate surface area is 170 Å². The lowest BCUT2D eigenvalue weighted by Gasteiger charge is -2.11. The molecule has 1 atom stereocenters. The highest BCUT2D eigenvalue weighted by atomic mass is 32.1. The summed E-state index contributed by atoms with van der Waals surface area (Å²) in [4.78, 5) is 30.9. The first kappa shape index (κ1) is 19.0. The molecule has 0 aromatic carbocycles. The lowest BCUT2D eigenvalue weighted by molar-refractivity contribution is -0.130. The second-order valence-electron chi connectivity index (χ2n) is 6.48. The first-order chi connectivity index (χ1) is 13.6. The van der Waals surface area contributed by atoms with Gasteiger partial charge >= 0.3 is 0 Å². The van der Waals surface area contributed by atoms with Crippen molar-refractivity contribution in [1.82, 2.24) is 20.1 Å². The van der Waals surface area contributed by atoms with E-state index >= 15 is 0 Å². The number of carbonyl (C=O) groups is 1. The van der Waals surface area contributed by atoms with Gasteiger partial charge in [0.15, 0.2) is 0 Å². The number of hydrogen-bond acceptors (Lipinski definition) is 7. The molecule has 146 valence electrons. The largest absolute Gasteiger partial charge is 0.368 e. The Morgan fingerprint density at radius 1 is 1.39 bits per heavy atom. The van der Waals surface area contributed by atoms with E-state index < -0.39 is 0 Å². The third-order valence-corrected chi connectivity index (χ3v) is 6.69. The number of carbonyl (C=O) groups excluding carboxylic acids is 1. The van der Waals surface area contributed by atoms with Crippen LogP contribution in [0.5, 0.6) is 0 Å². The summed E-state index contributed by atoms with van der Waals surface area (Å²) in [7, 11) is 0. The normalized spacial score (nSPS) is 16.4. The first-order valence-corrected chi connectivity index (χ1v) is 10.8. The van der Waals surface area contributed by atoms with E-state index in [4.69, 9.17) is 4.74 Å². The predicted octanol–water partition coefficient (Wildman–Crippen LogP) is 2.70. The van der Waals surface area contributed by atoms with Crippen LogP contribution < -0.4 is 10.9 Å². The van der Waals surface area contributed by atoms with Crippen LogP contribution in [0.3, 0.4) is 0 Å². The van der Waals surface area contributed by atoms with Gasteiger partial charge in [-0.1, -0.05) is 6.07 Å². The van der Waals surface area contributed by atoms with Crippen molar-refractivity contribution >= 4 is 28.6 Å². The highest BCUT2D eigenvalue weighted by molar-refractivity contribution is 7.23. The zero-order valence-electron chi connectivity index (χ0n) is 15.4. The number of rotatable bonds is 6. The van der Waals surface area contributed by atoms with Crippen molar-refractivity contribution in [2.75, 3.05) is 13.2 Å². The number of thiazole rings is 1. The summed E-state index contributed by atoms with van der Waals surface area (Å²) in [5, 5.41) is 10.3. The van der Waals surface area contributed by atoms with Crippen molar-refractivity contribution in [3.63, 3.8) is 0 Å². The fourth-order valence-corrected chi connectivity index (χ4v) is 4.88.